The molecule has 0 aliphatic heterocycles. The predicted molar refractivity (Wildman–Crippen MR) is 184 cm³/mol. The third-order valence-electron chi connectivity index (χ3n) is 8.39. The van der Waals surface area contributed by atoms with E-state index in [1.54, 1.807) is 30.5 Å². The van der Waals surface area contributed by atoms with Gasteiger partial charge in [0.25, 0.3) is 5.91 Å². The van der Waals surface area contributed by atoms with Crippen LogP contribution in [0.4, 0.5) is 10.5 Å². The van der Waals surface area contributed by atoms with Crippen LogP contribution in [-0.2, 0) is 20.7 Å². The number of pyridine rings is 1. The van der Waals surface area contributed by atoms with Gasteiger partial charge in [0.05, 0.1) is 18.3 Å². The van der Waals surface area contributed by atoms with Gasteiger partial charge in [0.15, 0.2) is 0 Å². The normalized spacial score (nSPS) is 16.8. The first-order chi connectivity index (χ1) is 23.5. The number of anilines is 1. The quantitative estimate of drug-likeness (QED) is 0.195. The number of amides is 3. The number of nitrogens with two attached hydrogens (primary N) is 1. The largest absolute Gasteiger partial charge is 0.478 e. The van der Waals surface area contributed by atoms with Gasteiger partial charge >= 0.3 is 6.09 Å². The molecule has 0 unspecified atom stereocenters. The van der Waals surface area contributed by atoms with E-state index in [-0.39, 0.29) is 24.2 Å². The smallest absolute Gasteiger partial charge is 0.407 e. The van der Waals surface area contributed by atoms with E-state index in [1.807, 2.05) is 64.1 Å². The topological polar surface area (TPSA) is 178 Å². The SMILES string of the molecule is CCOc1ncccc1-c1ccc(C[C@H](N)C(=O)N(C(=O)C2CCC(CNC(=O)OC(C)(C)C)CC2)c2ccc(-c3nn[nH]n3)cc2)cc1. The van der Waals surface area contributed by atoms with Crippen LogP contribution in [-0.4, -0.2) is 68.3 Å². The Morgan fingerprint density at radius 3 is 2.33 bits per heavy atom. The Hall–Kier alpha value is -5.17. The molecule has 13 nitrogen and oxygen atoms in total. The van der Waals surface area contributed by atoms with E-state index in [9.17, 15) is 14.4 Å². The van der Waals surface area contributed by atoms with E-state index < -0.39 is 23.6 Å². The molecule has 0 bridgehead atoms. The number of ether oxygens (including phenoxy) is 2. The summed E-state index contributed by atoms with van der Waals surface area (Å²) in [5, 5.41) is 16.9. The van der Waals surface area contributed by atoms with E-state index in [1.165, 1.54) is 4.90 Å². The number of imide groups is 1. The molecule has 1 saturated carbocycles. The summed E-state index contributed by atoms with van der Waals surface area (Å²) in [6.45, 7) is 8.33. The fourth-order valence-electron chi connectivity index (χ4n) is 5.93. The molecule has 3 amide bonds. The highest BCUT2D eigenvalue weighted by Gasteiger charge is 2.35. The monoisotopic (exact) mass is 668 g/mol. The van der Waals surface area contributed by atoms with Crippen LogP contribution in [0, 0.1) is 11.8 Å². The number of benzene rings is 2. The molecule has 2 aromatic heterocycles. The first-order valence-corrected chi connectivity index (χ1v) is 16.6. The van der Waals surface area contributed by atoms with E-state index >= 15 is 0 Å². The molecule has 2 aromatic carbocycles. The summed E-state index contributed by atoms with van der Waals surface area (Å²) >= 11 is 0. The van der Waals surface area contributed by atoms with Gasteiger partial charge in [-0.1, -0.05) is 24.3 Å². The van der Waals surface area contributed by atoms with Crippen LogP contribution in [0.2, 0.25) is 0 Å². The second kappa shape index (κ2) is 15.8. The van der Waals surface area contributed by atoms with Crippen molar-refractivity contribution in [3.63, 3.8) is 0 Å². The Morgan fingerprint density at radius 2 is 1.69 bits per heavy atom. The molecule has 0 saturated heterocycles. The number of tetrazole rings is 1. The van der Waals surface area contributed by atoms with Crippen LogP contribution in [0.25, 0.3) is 22.5 Å². The summed E-state index contributed by atoms with van der Waals surface area (Å²) in [5.74, 6) is 0.00891. The van der Waals surface area contributed by atoms with Crippen LogP contribution in [0.1, 0.15) is 58.9 Å². The maximum Gasteiger partial charge on any atom is 0.407 e. The molecule has 0 radical (unpaired) electrons. The lowest BCUT2D eigenvalue weighted by Gasteiger charge is -2.32. The Balaban J connectivity index is 1.29. The molecule has 1 atom stereocenters. The molecule has 0 spiro atoms. The van der Waals surface area contributed by atoms with Crippen LogP contribution in [0.15, 0.2) is 66.9 Å². The summed E-state index contributed by atoms with van der Waals surface area (Å²) in [5.41, 5.74) is 9.72. The molecule has 49 heavy (non-hydrogen) atoms. The highest BCUT2D eigenvalue weighted by Crippen LogP contribution is 2.33. The molecule has 4 aromatic rings. The summed E-state index contributed by atoms with van der Waals surface area (Å²) < 4.78 is 11.0. The van der Waals surface area contributed by atoms with Crippen LogP contribution in [0.3, 0.4) is 0 Å². The molecule has 1 aliphatic carbocycles. The molecule has 1 fully saturated rings. The number of nitrogens with zero attached hydrogens (tertiary/aromatic N) is 5. The Kier molecular flexibility index (Phi) is 11.3. The van der Waals surface area contributed by atoms with Crippen molar-refractivity contribution in [3.8, 4) is 28.4 Å². The first kappa shape index (κ1) is 35.1. The van der Waals surface area contributed by atoms with E-state index in [4.69, 9.17) is 15.2 Å². The molecule has 258 valence electrons. The third kappa shape index (κ3) is 9.26. The highest BCUT2D eigenvalue weighted by molar-refractivity contribution is 6.17. The zero-order valence-corrected chi connectivity index (χ0v) is 28.4. The lowest BCUT2D eigenvalue weighted by molar-refractivity contribution is -0.130. The number of H-pyrrole nitrogens is 1. The van der Waals surface area contributed by atoms with Crippen molar-refractivity contribution in [2.24, 2.45) is 17.6 Å². The second-order valence-electron chi connectivity index (χ2n) is 13.2. The fraction of sp³-hybridized carbons (Fsp3) is 0.417. The Morgan fingerprint density at radius 1 is 1.00 bits per heavy atom. The molecule has 2 heterocycles. The zero-order valence-electron chi connectivity index (χ0n) is 28.4. The van der Waals surface area contributed by atoms with Gasteiger partial charge in [-0.2, -0.15) is 5.21 Å². The average molecular weight is 669 g/mol. The zero-order chi connectivity index (χ0) is 35.0. The van der Waals surface area contributed by atoms with Gasteiger partial charge < -0.3 is 20.5 Å². The van der Waals surface area contributed by atoms with Gasteiger partial charge in [0.1, 0.15) is 5.60 Å². The number of carbonyl (C=O) groups is 3. The Bertz CT molecular complexity index is 1700. The lowest BCUT2D eigenvalue weighted by atomic mass is 9.81. The van der Waals surface area contributed by atoms with E-state index in [2.05, 4.69) is 30.9 Å². The van der Waals surface area contributed by atoms with Gasteiger partial charge in [-0.3, -0.25) is 9.59 Å². The average Bonchev–Trinajstić information content (AvgIpc) is 3.63. The van der Waals surface area contributed by atoms with E-state index in [0.717, 1.165) is 29.5 Å². The molecular weight excluding hydrogens is 624 g/mol. The summed E-state index contributed by atoms with van der Waals surface area (Å²) in [4.78, 5) is 45.9. The van der Waals surface area contributed by atoms with Crippen LogP contribution < -0.4 is 20.7 Å². The summed E-state index contributed by atoms with van der Waals surface area (Å²) in [6.07, 6.45) is 4.09. The molecule has 4 N–H and O–H groups in total. The number of carbonyl (C=O) groups excluding carboxylic acids is 3. The minimum absolute atomic E-state index is 0.205. The first-order valence-electron chi connectivity index (χ1n) is 16.6. The fourth-order valence-corrected chi connectivity index (χ4v) is 5.93. The number of hydrogen-bond acceptors (Lipinski definition) is 10. The Labute approximate surface area is 286 Å². The van der Waals surface area contributed by atoms with E-state index in [0.29, 0.717) is 48.9 Å². The third-order valence-corrected chi connectivity index (χ3v) is 8.39. The van der Waals surface area contributed by atoms with Crippen molar-refractivity contribution in [1.29, 1.82) is 0 Å². The van der Waals surface area contributed by atoms with Crippen molar-refractivity contribution in [2.75, 3.05) is 18.1 Å². The summed E-state index contributed by atoms with van der Waals surface area (Å²) in [7, 11) is 0. The van der Waals surface area contributed by atoms with Gasteiger partial charge in [-0.15, -0.1) is 10.2 Å². The number of nitrogens with one attached hydrogen (secondary N) is 2. The second-order valence-corrected chi connectivity index (χ2v) is 13.2. The van der Waals surface area contributed by atoms with Crippen molar-refractivity contribution in [2.45, 2.75) is 71.4 Å². The highest BCUT2D eigenvalue weighted by atomic mass is 16.6. The van der Waals surface area contributed by atoms with Crippen molar-refractivity contribution in [3.05, 3.63) is 72.4 Å². The molecule has 1 aliphatic rings. The van der Waals surface area contributed by atoms with Crippen LogP contribution in [0.5, 0.6) is 5.88 Å². The maximum atomic E-state index is 14.1. The molecular formula is C36H44N8O5. The predicted octanol–water partition coefficient (Wildman–Crippen LogP) is 5.09. The standard InChI is InChI=1S/C36H44N8O5/c1-5-48-32-29(7-6-20-38-32)25-12-8-23(9-13-25)21-30(37)34(46)44(28-18-16-26(17-19-28)31-40-42-43-41-31)33(45)27-14-10-24(11-15-27)22-39-35(47)49-36(2,3)4/h6-9,12-13,16-20,24,27,30H,5,10-11,14-15,21-22,37H2,1-4H3,(H,39,47)(H,40,41,42,43)/t24?,27?,30-/m0/s1. The minimum atomic E-state index is -0.974. The van der Waals surface area contributed by atoms with Gasteiger partial charge in [0, 0.05) is 29.8 Å². The molecule has 5 rings (SSSR count). The number of aromatic nitrogens is 5. The number of alkyl carbamates (subject to hydrolysis) is 1. The van der Waals surface area contributed by atoms with Gasteiger partial charge in [-0.25, -0.2) is 14.7 Å². The lowest BCUT2D eigenvalue weighted by Crippen LogP contribution is -2.50. The summed E-state index contributed by atoms with van der Waals surface area (Å²) in [6, 6.07) is 17.4. The van der Waals surface area contributed by atoms with Crippen molar-refractivity contribution in [1.82, 2.24) is 30.9 Å². The van der Waals surface area contributed by atoms with Gasteiger partial charge in [0.2, 0.25) is 17.6 Å². The minimum Gasteiger partial charge on any atom is -0.478 e. The number of aromatic amines is 1. The maximum absolute atomic E-state index is 14.1. The van der Waals surface area contributed by atoms with Crippen molar-refractivity contribution < 1.29 is 23.9 Å². The number of rotatable bonds is 11. The number of hydrogen-bond donors (Lipinski definition) is 3. The van der Waals surface area contributed by atoms with Crippen LogP contribution >= 0.6 is 0 Å². The van der Waals surface area contributed by atoms with Crippen molar-refractivity contribution >= 4 is 23.6 Å². The van der Waals surface area contributed by atoms with Gasteiger partial charge in [-0.05, 0) is 118 Å². The molecule has 13 heteroatoms.